The van der Waals surface area contributed by atoms with Crippen molar-refractivity contribution in [2.75, 3.05) is 24.2 Å². The molecule has 0 fully saturated rings. The summed E-state index contributed by atoms with van der Waals surface area (Å²) in [6, 6.07) is 10.2. The van der Waals surface area contributed by atoms with Gasteiger partial charge in [-0.1, -0.05) is 17.7 Å². The number of sulfonamides is 1. The normalized spacial score (nSPS) is 13.8. The number of nitrogens with zero attached hydrogens (tertiary/aromatic N) is 1. The first-order chi connectivity index (χ1) is 13.2. The molecule has 2 aromatic rings. The summed E-state index contributed by atoms with van der Waals surface area (Å²) in [5, 5.41) is 5.48. The first-order valence-corrected chi connectivity index (χ1v) is 10.4. The Hall–Kier alpha value is -2.71. The van der Waals surface area contributed by atoms with Gasteiger partial charge in [0.25, 0.3) is 0 Å². The van der Waals surface area contributed by atoms with Gasteiger partial charge in [0.2, 0.25) is 21.8 Å². The summed E-state index contributed by atoms with van der Waals surface area (Å²) in [4.78, 5) is 23.9. The zero-order valence-corrected chi connectivity index (χ0v) is 16.9. The number of aryl methyl sites for hydroxylation is 3. The first-order valence-electron chi connectivity index (χ1n) is 8.93. The Morgan fingerprint density at radius 1 is 1.14 bits per heavy atom. The lowest BCUT2D eigenvalue weighted by atomic mass is 10.0. The van der Waals surface area contributed by atoms with E-state index in [0.717, 1.165) is 21.0 Å². The minimum absolute atomic E-state index is 0.0803. The molecule has 3 rings (SSSR count). The highest BCUT2D eigenvalue weighted by Crippen LogP contribution is 2.26. The molecule has 8 heteroatoms. The van der Waals surface area contributed by atoms with E-state index in [1.54, 1.807) is 18.2 Å². The Morgan fingerprint density at radius 2 is 1.89 bits per heavy atom. The van der Waals surface area contributed by atoms with Gasteiger partial charge in [0, 0.05) is 24.8 Å². The van der Waals surface area contributed by atoms with E-state index in [2.05, 4.69) is 10.6 Å². The number of nitrogens with one attached hydrogen (secondary N) is 2. The monoisotopic (exact) mass is 401 g/mol. The molecule has 0 bridgehead atoms. The largest absolute Gasteiger partial charge is 0.326 e. The van der Waals surface area contributed by atoms with Crippen molar-refractivity contribution in [3.63, 3.8) is 0 Å². The predicted molar refractivity (Wildman–Crippen MR) is 108 cm³/mol. The number of likely N-dealkylation sites (N-methyl/N-ethyl adjacent to an activating group) is 1. The topological polar surface area (TPSA) is 95.6 Å². The van der Waals surface area contributed by atoms with Gasteiger partial charge in [-0.3, -0.25) is 9.59 Å². The summed E-state index contributed by atoms with van der Waals surface area (Å²) >= 11 is 0. The van der Waals surface area contributed by atoms with Crippen molar-refractivity contribution in [1.82, 2.24) is 4.31 Å². The maximum absolute atomic E-state index is 12.8. The van der Waals surface area contributed by atoms with Gasteiger partial charge in [-0.15, -0.1) is 0 Å². The van der Waals surface area contributed by atoms with Crippen molar-refractivity contribution >= 4 is 33.2 Å². The van der Waals surface area contributed by atoms with Gasteiger partial charge in [-0.05, 0) is 55.7 Å². The van der Waals surface area contributed by atoms with Gasteiger partial charge < -0.3 is 10.6 Å². The van der Waals surface area contributed by atoms with Gasteiger partial charge in [0.15, 0.2) is 0 Å². The number of carbonyl (C=O) groups excluding carboxylic acids is 2. The van der Waals surface area contributed by atoms with Crippen molar-refractivity contribution in [3.8, 4) is 0 Å². The van der Waals surface area contributed by atoms with Crippen molar-refractivity contribution in [2.45, 2.75) is 31.6 Å². The fraction of sp³-hybridized carbons (Fsp3) is 0.300. The number of hydrogen-bond donors (Lipinski definition) is 2. The van der Waals surface area contributed by atoms with E-state index in [-0.39, 0.29) is 17.3 Å². The summed E-state index contributed by atoms with van der Waals surface area (Å²) in [7, 11) is -2.46. The summed E-state index contributed by atoms with van der Waals surface area (Å²) in [6.07, 6.45) is 0.812. The number of benzene rings is 2. The fourth-order valence-electron chi connectivity index (χ4n) is 3.13. The number of fused-ring (bicyclic) bond motifs is 1. The van der Waals surface area contributed by atoms with Crippen LogP contribution in [0.5, 0.6) is 0 Å². The smallest absolute Gasteiger partial charge is 0.243 e. The van der Waals surface area contributed by atoms with E-state index in [9.17, 15) is 18.0 Å². The SMILES string of the molecule is Cc1ccc(NC(=O)CN(C)S(=O)(=O)c2ccc3c(c2)CCC(=O)N3)c(C)c1. The van der Waals surface area contributed by atoms with E-state index < -0.39 is 15.9 Å². The molecule has 0 spiro atoms. The summed E-state index contributed by atoms with van der Waals surface area (Å²) < 4.78 is 26.7. The van der Waals surface area contributed by atoms with Crippen LogP contribution in [-0.2, 0) is 26.0 Å². The van der Waals surface area contributed by atoms with Gasteiger partial charge in [0.1, 0.15) is 0 Å². The van der Waals surface area contributed by atoms with E-state index in [1.165, 1.54) is 13.1 Å². The van der Waals surface area contributed by atoms with Crippen LogP contribution < -0.4 is 10.6 Å². The second kappa shape index (κ2) is 7.73. The Balaban J connectivity index is 1.73. The molecule has 2 aromatic carbocycles. The Labute approximate surface area is 164 Å². The third-order valence-corrected chi connectivity index (χ3v) is 6.50. The molecule has 0 aromatic heterocycles. The highest BCUT2D eigenvalue weighted by Gasteiger charge is 2.25. The summed E-state index contributed by atoms with van der Waals surface area (Å²) in [6.45, 7) is 3.54. The van der Waals surface area contributed by atoms with Crippen LogP contribution in [0.1, 0.15) is 23.1 Å². The molecule has 0 aliphatic carbocycles. The van der Waals surface area contributed by atoms with Crippen molar-refractivity contribution in [1.29, 1.82) is 0 Å². The van der Waals surface area contributed by atoms with E-state index >= 15 is 0 Å². The van der Waals surface area contributed by atoms with Crippen molar-refractivity contribution in [2.24, 2.45) is 0 Å². The van der Waals surface area contributed by atoms with Crippen LogP contribution >= 0.6 is 0 Å². The number of hydrogen-bond acceptors (Lipinski definition) is 4. The van der Waals surface area contributed by atoms with Crippen LogP contribution in [-0.4, -0.2) is 38.1 Å². The molecule has 0 unspecified atom stereocenters. The predicted octanol–water partition coefficient (Wildman–Crippen LogP) is 2.45. The second-order valence-electron chi connectivity index (χ2n) is 6.99. The van der Waals surface area contributed by atoms with Crippen molar-refractivity contribution in [3.05, 3.63) is 53.1 Å². The van der Waals surface area contributed by atoms with E-state index in [1.807, 2.05) is 26.0 Å². The molecule has 2 N–H and O–H groups in total. The Kier molecular flexibility index (Phi) is 5.53. The number of carbonyl (C=O) groups is 2. The van der Waals surface area contributed by atoms with E-state index in [0.29, 0.717) is 24.2 Å². The van der Waals surface area contributed by atoms with Crippen LogP contribution in [0.2, 0.25) is 0 Å². The highest BCUT2D eigenvalue weighted by atomic mass is 32.2. The third kappa shape index (κ3) is 4.23. The lowest BCUT2D eigenvalue weighted by molar-refractivity contribution is -0.117. The highest BCUT2D eigenvalue weighted by molar-refractivity contribution is 7.89. The molecule has 28 heavy (non-hydrogen) atoms. The average molecular weight is 401 g/mol. The molecule has 0 saturated carbocycles. The van der Waals surface area contributed by atoms with Crippen LogP contribution in [0.3, 0.4) is 0 Å². The quantitative estimate of drug-likeness (QED) is 0.804. The summed E-state index contributed by atoms with van der Waals surface area (Å²) in [5.74, 6) is -0.494. The molecule has 0 saturated heterocycles. The standard InChI is InChI=1S/C20H23N3O4S/c1-13-4-7-17(14(2)10-13)21-20(25)12-23(3)28(26,27)16-6-8-18-15(11-16)5-9-19(24)22-18/h4,6-8,10-11H,5,9,12H2,1-3H3,(H,21,25)(H,22,24). The average Bonchev–Trinajstić information content (AvgIpc) is 2.63. The van der Waals surface area contributed by atoms with Gasteiger partial charge in [-0.25, -0.2) is 8.42 Å². The fourth-order valence-corrected chi connectivity index (χ4v) is 4.31. The Morgan fingerprint density at radius 3 is 2.61 bits per heavy atom. The number of rotatable bonds is 5. The van der Waals surface area contributed by atoms with Gasteiger partial charge in [0.05, 0.1) is 11.4 Å². The first kappa shape index (κ1) is 20.0. The minimum atomic E-state index is -3.83. The van der Waals surface area contributed by atoms with Gasteiger partial charge >= 0.3 is 0 Å². The lowest BCUT2D eigenvalue weighted by Gasteiger charge is -2.20. The van der Waals surface area contributed by atoms with Crippen molar-refractivity contribution < 1.29 is 18.0 Å². The molecule has 0 radical (unpaired) electrons. The third-order valence-electron chi connectivity index (χ3n) is 4.70. The molecular formula is C20H23N3O4S. The maximum atomic E-state index is 12.8. The molecule has 2 amide bonds. The zero-order valence-electron chi connectivity index (χ0n) is 16.1. The van der Waals surface area contributed by atoms with Crippen LogP contribution in [0.4, 0.5) is 11.4 Å². The molecule has 148 valence electrons. The molecule has 1 aliphatic rings. The number of amides is 2. The van der Waals surface area contributed by atoms with Crippen LogP contribution in [0, 0.1) is 13.8 Å². The zero-order chi connectivity index (χ0) is 20.5. The second-order valence-corrected chi connectivity index (χ2v) is 9.04. The minimum Gasteiger partial charge on any atom is -0.326 e. The summed E-state index contributed by atoms with van der Waals surface area (Å²) in [5.41, 5.74) is 4.06. The van der Waals surface area contributed by atoms with Crippen LogP contribution in [0.25, 0.3) is 0 Å². The number of anilines is 2. The van der Waals surface area contributed by atoms with Gasteiger partial charge in [-0.2, -0.15) is 4.31 Å². The molecule has 7 nitrogen and oxygen atoms in total. The van der Waals surface area contributed by atoms with E-state index in [4.69, 9.17) is 0 Å². The molecule has 1 heterocycles. The Bertz CT molecular complexity index is 1050. The molecule has 0 atom stereocenters. The van der Waals surface area contributed by atoms with Crippen LogP contribution in [0.15, 0.2) is 41.3 Å². The lowest BCUT2D eigenvalue weighted by Crippen LogP contribution is -2.35. The maximum Gasteiger partial charge on any atom is 0.243 e. The molecular weight excluding hydrogens is 378 g/mol. The molecule has 1 aliphatic heterocycles.